The summed E-state index contributed by atoms with van der Waals surface area (Å²) in [5, 5.41) is 1.12. The highest BCUT2D eigenvalue weighted by Crippen LogP contribution is 2.20. The van der Waals surface area contributed by atoms with Gasteiger partial charge in [-0.2, -0.15) is 0 Å². The van der Waals surface area contributed by atoms with E-state index in [1.807, 2.05) is 37.3 Å². The molecule has 0 spiro atoms. The normalized spacial score (nSPS) is 10.4. The zero-order valence-corrected chi connectivity index (χ0v) is 9.41. The van der Waals surface area contributed by atoms with Crippen molar-refractivity contribution in [3.05, 3.63) is 34.8 Å². The van der Waals surface area contributed by atoms with Crippen molar-refractivity contribution in [2.45, 2.75) is 6.92 Å². The highest BCUT2D eigenvalue weighted by Gasteiger charge is 1.98. The second-order valence-corrected chi connectivity index (χ2v) is 3.84. The van der Waals surface area contributed by atoms with E-state index in [2.05, 4.69) is 20.9 Å². The summed E-state index contributed by atoms with van der Waals surface area (Å²) in [5.74, 6) is 0.679. The van der Waals surface area contributed by atoms with Crippen molar-refractivity contribution in [2.75, 3.05) is 6.61 Å². The molecule has 0 radical (unpaired) electrons. The molecule has 0 aliphatic heterocycles. The van der Waals surface area contributed by atoms with Gasteiger partial charge in [0.25, 0.3) is 0 Å². The molecule has 1 heterocycles. The molecular weight excluding hydrogens is 242 g/mol. The molecule has 0 unspecified atom stereocenters. The molecule has 2 aromatic rings. The smallest absolute Gasteiger partial charge is 0.213 e. The van der Waals surface area contributed by atoms with Crippen molar-refractivity contribution < 1.29 is 4.74 Å². The van der Waals surface area contributed by atoms with Gasteiger partial charge in [0.2, 0.25) is 5.88 Å². The maximum Gasteiger partial charge on any atom is 0.213 e. The zero-order valence-electron chi connectivity index (χ0n) is 7.83. The summed E-state index contributed by atoms with van der Waals surface area (Å²) in [7, 11) is 0. The summed E-state index contributed by atoms with van der Waals surface area (Å²) in [6.07, 6.45) is 0. The number of nitrogens with zero attached hydrogens (tertiary/aromatic N) is 1. The quantitative estimate of drug-likeness (QED) is 0.817. The predicted molar refractivity (Wildman–Crippen MR) is 60.6 cm³/mol. The van der Waals surface area contributed by atoms with E-state index in [4.69, 9.17) is 4.74 Å². The van der Waals surface area contributed by atoms with Gasteiger partial charge < -0.3 is 4.74 Å². The second-order valence-electron chi connectivity index (χ2n) is 2.92. The first kappa shape index (κ1) is 9.46. The fourth-order valence-electron chi connectivity index (χ4n) is 1.30. The van der Waals surface area contributed by atoms with Crippen molar-refractivity contribution in [2.24, 2.45) is 0 Å². The van der Waals surface area contributed by atoms with Crippen LogP contribution in [-0.4, -0.2) is 11.6 Å². The van der Waals surface area contributed by atoms with Gasteiger partial charge in [-0.25, -0.2) is 4.98 Å². The topological polar surface area (TPSA) is 22.1 Å². The summed E-state index contributed by atoms with van der Waals surface area (Å²) in [6, 6.07) is 9.92. The molecular formula is C11H10BrNO. The minimum atomic E-state index is 0.645. The summed E-state index contributed by atoms with van der Waals surface area (Å²) in [4.78, 5) is 4.37. The monoisotopic (exact) mass is 251 g/mol. The molecule has 0 amide bonds. The molecule has 0 bridgehead atoms. The van der Waals surface area contributed by atoms with Crippen LogP contribution < -0.4 is 4.74 Å². The van der Waals surface area contributed by atoms with Gasteiger partial charge in [0.1, 0.15) is 0 Å². The summed E-state index contributed by atoms with van der Waals surface area (Å²) < 4.78 is 6.36. The molecule has 2 rings (SSSR count). The molecule has 0 saturated heterocycles. The van der Waals surface area contributed by atoms with Gasteiger partial charge >= 0.3 is 0 Å². The number of fused-ring (bicyclic) bond motifs is 1. The van der Waals surface area contributed by atoms with Gasteiger partial charge in [-0.15, -0.1) is 0 Å². The Hall–Kier alpha value is -1.09. The molecule has 0 fully saturated rings. The molecule has 0 saturated carbocycles. The van der Waals surface area contributed by atoms with Gasteiger partial charge in [-0.1, -0.05) is 22.0 Å². The van der Waals surface area contributed by atoms with Crippen molar-refractivity contribution in [1.82, 2.24) is 4.98 Å². The van der Waals surface area contributed by atoms with E-state index in [-0.39, 0.29) is 0 Å². The third-order valence-corrected chi connectivity index (χ3v) is 2.41. The molecule has 14 heavy (non-hydrogen) atoms. The molecule has 2 nitrogen and oxygen atoms in total. The molecule has 1 aromatic carbocycles. The van der Waals surface area contributed by atoms with Crippen LogP contribution in [0.4, 0.5) is 0 Å². The fourth-order valence-corrected chi connectivity index (χ4v) is 1.65. The summed E-state index contributed by atoms with van der Waals surface area (Å²) in [6.45, 7) is 2.60. The number of hydrogen-bond donors (Lipinski definition) is 0. The molecule has 1 aromatic heterocycles. The van der Waals surface area contributed by atoms with Crippen LogP contribution in [0.5, 0.6) is 5.88 Å². The zero-order chi connectivity index (χ0) is 9.97. The van der Waals surface area contributed by atoms with Gasteiger partial charge in [0, 0.05) is 15.9 Å². The molecule has 0 atom stereocenters. The number of ether oxygens (including phenoxy) is 1. The van der Waals surface area contributed by atoms with E-state index in [0.29, 0.717) is 12.5 Å². The lowest BCUT2D eigenvalue weighted by Crippen LogP contribution is -1.93. The summed E-state index contributed by atoms with van der Waals surface area (Å²) >= 11 is 3.42. The number of rotatable bonds is 2. The Morgan fingerprint density at radius 3 is 2.86 bits per heavy atom. The first-order valence-electron chi connectivity index (χ1n) is 4.48. The Balaban J connectivity index is 2.52. The van der Waals surface area contributed by atoms with Gasteiger partial charge in [-0.3, -0.25) is 0 Å². The Morgan fingerprint density at radius 2 is 2.07 bits per heavy atom. The number of benzene rings is 1. The molecule has 0 N–H and O–H groups in total. The van der Waals surface area contributed by atoms with Crippen LogP contribution in [0.15, 0.2) is 34.8 Å². The standard InChI is InChI=1S/C11H10BrNO/c1-2-14-11-6-4-8-3-5-9(12)7-10(8)13-11/h3-7H,2H2,1H3. The number of halogens is 1. The van der Waals surface area contributed by atoms with Crippen molar-refractivity contribution >= 4 is 26.8 Å². The lowest BCUT2D eigenvalue weighted by atomic mass is 10.2. The lowest BCUT2D eigenvalue weighted by Gasteiger charge is -2.03. The first-order valence-corrected chi connectivity index (χ1v) is 5.28. The van der Waals surface area contributed by atoms with E-state index in [1.165, 1.54) is 0 Å². The predicted octanol–water partition coefficient (Wildman–Crippen LogP) is 3.40. The van der Waals surface area contributed by atoms with Crippen LogP contribution in [0.2, 0.25) is 0 Å². The summed E-state index contributed by atoms with van der Waals surface area (Å²) in [5.41, 5.74) is 0.949. The first-order chi connectivity index (χ1) is 6.79. The van der Waals surface area contributed by atoms with Gasteiger partial charge in [0.15, 0.2) is 0 Å². The second kappa shape index (κ2) is 3.96. The average molecular weight is 252 g/mol. The van der Waals surface area contributed by atoms with E-state index < -0.39 is 0 Å². The van der Waals surface area contributed by atoms with Crippen LogP contribution in [0, 0.1) is 0 Å². The van der Waals surface area contributed by atoms with E-state index in [0.717, 1.165) is 15.4 Å². The van der Waals surface area contributed by atoms with E-state index in [1.54, 1.807) is 0 Å². The van der Waals surface area contributed by atoms with Crippen LogP contribution >= 0.6 is 15.9 Å². The van der Waals surface area contributed by atoms with Crippen LogP contribution in [0.3, 0.4) is 0 Å². The third-order valence-electron chi connectivity index (χ3n) is 1.92. The highest BCUT2D eigenvalue weighted by atomic mass is 79.9. The minimum Gasteiger partial charge on any atom is -0.478 e. The SMILES string of the molecule is CCOc1ccc2ccc(Br)cc2n1. The minimum absolute atomic E-state index is 0.645. The van der Waals surface area contributed by atoms with Gasteiger partial charge in [-0.05, 0) is 25.1 Å². The van der Waals surface area contributed by atoms with Crippen molar-refractivity contribution in [3.8, 4) is 5.88 Å². The Bertz CT molecular complexity index is 456. The van der Waals surface area contributed by atoms with Crippen LogP contribution in [0.25, 0.3) is 10.9 Å². The van der Waals surface area contributed by atoms with E-state index >= 15 is 0 Å². The molecule has 72 valence electrons. The maximum atomic E-state index is 5.33. The Morgan fingerprint density at radius 1 is 1.29 bits per heavy atom. The fraction of sp³-hybridized carbons (Fsp3) is 0.182. The molecule has 3 heteroatoms. The number of pyridine rings is 1. The maximum absolute atomic E-state index is 5.33. The number of hydrogen-bond acceptors (Lipinski definition) is 2. The van der Waals surface area contributed by atoms with Crippen LogP contribution in [-0.2, 0) is 0 Å². The molecule has 0 aliphatic rings. The van der Waals surface area contributed by atoms with Gasteiger partial charge in [0.05, 0.1) is 12.1 Å². The van der Waals surface area contributed by atoms with E-state index in [9.17, 15) is 0 Å². The van der Waals surface area contributed by atoms with Crippen molar-refractivity contribution in [3.63, 3.8) is 0 Å². The number of aromatic nitrogens is 1. The highest BCUT2D eigenvalue weighted by molar-refractivity contribution is 9.10. The average Bonchev–Trinajstić information content (AvgIpc) is 2.17. The Kier molecular flexibility index (Phi) is 2.68. The van der Waals surface area contributed by atoms with Crippen LogP contribution in [0.1, 0.15) is 6.92 Å². The Labute approximate surface area is 91.0 Å². The third kappa shape index (κ3) is 1.87. The lowest BCUT2D eigenvalue weighted by molar-refractivity contribution is 0.328. The van der Waals surface area contributed by atoms with Crippen molar-refractivity contribution in [1.29, 1.82) is 0 Å². The largest absolute Gasteiger partial charge is 0.478 e. The molecule has 0 aliphatic carbocycles.